The molecule has 2 atom stereocenters. The molecule has 8 heteroatoms. The molecule has 0 radical (unpaired) electrons. The Morgan fingerprint density at radius 1 is 1.34 bits per heavy atom. The molecule has 0 aromatic carbocycles. The molecule has 4 rings (SSSR count). The summed E-state index contributed by atoms with van der Waals surface area (Å²) in [6, 6.07) is 4.26. The first-order valence-corrected chi connectivity index (χ1v) is 12.6. The van der Waals surface area contributed by atoms with Crippen LogP contribution >= 0.6 is 0 Å². The summed E-state index contributed by atoms with van der Waals surface area (Å²) in [4.78, 5) is 12.5. The first-order valence-electron chi connectivity index (χ1n) is 12.6. The largest absolute Gasteiger partial charge is 0.382 e. The summed E-state index contributed by atoms with van der Waals surface area (Å²) in [5.41, 5.74) is 5.19. The Morgan fingerprint density at radius 2 is 2.09 bits per heavy atom. The summed E-state index contributed by atoms with van der Waals surface area (Å²) in [6.45, 7) is 13.5. The number of hydrogen-bond acceptors (Lipinski definition) is 6. The van der Waals surface area contributed by atoms with Crippen molar-refractivity contribution in [1.82, 2.24) is 30.2 Å². The number of allylic oxidation sites excluding steroid dienone is 2. The molecule has 0 saturated carbocycles. The van der Waals surface area contributed by atoms with Gasteiger partial charge in [-0.2, -0.15) is 15.5 Å². The fraction of sp³-hybridized carbons (Fsp3) is 0.556. The lowest BCUT2D eigenvalue weighted by atomic mass is 9.95. The van der Waals surface area contributed by atoms with Gasteiger partial charge in [-0.15, -0.1) is 0 Å². The Labute approximate surface area is 210 Å². The second kappa shape index (κ2) is 14.3. The van der Waals surface area contributed by atoms with Crippen LogP contribution in [0.25, 0.3) is 5.57 Å². The molecular formula is C27H41N7O. The van der Waals surface area contributed by atoms with E-state index >= 15 is 0 Å². The van der Waals surface area contributed by atoms with Crippen molar-refractivity contribution in [3.05, 3.63) is 53.3 Å². The standard InChI is InChI=1S/C17H23N5.C7H10N2O.C3H8/c1-13-8-15(16-10-19-22(12-16)6-3-5-18)9-17(20-13)14-4-7-21(2)11-14;1-5(2)7-3-6(4-10)8-9-7;1-3-2/h8-10,12-14,20H,3-4,6-7,11H2,1-2H3;3-5H,1-2H3,(H,8,9);3H2,1-2H3. The van der Waals surface area contributed by atoms with Gasteiger partial charge in [0.2, 0.25) is 0 Å². The number of nitrogens with one attached hydrogen (secondary N) is 2. The van der Waals surface area contributed by atoms with E-state index in [1.807, 2.05) is 30.9 Å². The van der Waals surface area contributed by atoms with Crippen LogP contribution < -0.4 is 5.32 Å². The highest BCUT2D eigenvalue weighted by Crippen LogP contribution is 2.28. The Hall–Kier alpha value is -3.18. The molecule has 4 heterocycles. The second-order valence-electron chi connectivity index (χ2n) is 9.53. The van der Waals surface area contributed by atoms with E-state index in [1.165, 1.54) is 30.7 Å². The van der Waals surface area contributed by atoms with E-state index in [-0.39, 0.29) is 0 Å². The van der Waals surface area contributed by atoms with E-state index in [0.717, 1.165) is 24.1 Å². The molecule has 1 saturated heterocycles. The highest BCUT2D eigenvalue weighted by Gasteiger charge is 2.25. The number of likely N-dealkylation sites (tertiary alicyclic amines) is 1. The lowest BCUT2D eigenvalue weighted by Gasteiger charge is -2.25. The minimum atomic E-state index is 0.336. The molecule has 2 unspecified atom stereocenters. The van der Waals surface area contributed by atoms with Crippen molar-refractivity contribution in [1.29, 1.82) is 5.26 Å². The van der Waals surface area contributed by atoms with E-state index in [0.29, 0.717) is 36.5 Å². The highest BCUT2D eigenvalue weighted by atomic mass is 16.1. The average molecular weight is 480 g/mol. The summed E-state index contributed by atoms with van der Waals surface area (Å²) >= 11 is 0. The summed E-state index contributed by atoms with van der Waals surface area (Å²) in [6.07, 6.45) is 12.2. The van der Waals surface area contributed by atoms with Crippen LogP contribution in [0.15, 0.2) is 36.3 Å². The maximum absolute atomic E-state index is 10.2. The molecule has 2 aliphatic heterocycles. The van der Waals surface area contributed by atoms with Gasteiger partial charge in [0, 0.05) is 41.7 Å². The molecule has 0 amide bonds. The number of dihydropyridines is 1. The fourth-order valence-electron chi connectivity index (χ4n) is 3.94. The van der Waals surface area contributed by atoms with Gasteiger partial charge in [0.1, 0.15) is 5.69 Å². The number of aldehydes is 1. The number of carbonyl (C=O) groups is 1. The van der Waals surface area contributed by atoms with Gasteiger partial charge < -0.3 is 10.2 Å². The normalized spacial score (nSPS) is 19.4. The number of aromatic nitrogens is 4. The topological polar surface area (TPSA) is 103 Å². The summed E-state index contributed by atoms with van der Waals surface area (Å²) < 4.78 is 1.85. The second-order valence-corrected chi connectivity index (χ2v) is 9.53. The number of carbonyl (C=O) groups excluding carboxylic acids is 1. The number of nitriles is 1. The van der Waals surface area contributed by atoms with Gasteiger partial charge in [-0.1, -0.05) is 40.2 Å². The third-order valence-corrected chi connectivity index (χ3v) is 5.75. The van der Waals surface area contributed by atoms with Gasteiger partial charge in [-0.25, -0.2) is 0 Å². The average Bonchev–Trinajstić information content (AvgIpc) is 3.59. The molecular weight excluding hydrogens is 438 g/mol. The van der Waals surface area contributed by atoms with Gasteiger partial charge in [0.25, 0.3) is 0 Å². The molecule has 2 aliphatic rings. The third kappa shape index (κ3) is 8.84. The molecule has 8 nitrogen and oxygen atoms in total. The van der Waals surface area contributed by atoms with Crippen molar-refractivity contribution in [3.63, 3.8) is 0 Å². The van der Waals surface area contributed by atoms with Crippen LogP contribution in [0.5, 0.6) is 0 Å². The summed E-state index contributed by atoms with van der Waals surface area (Å²) in [5, 5.41) is 23.2. The van der Waals surface area contributed by atoms with Crippen LogP contribution in [0.2, 0.25) is 0 Å². The summed E-state index contributed by atoms with van der Waals surface area (Å²) in [7, 11) is 2.18. The van der Waals surface area contributed by atoms with Crippen LogP contribution in [-0.2, 0) is 6.54 Å². The zero-order valence-corrected chi connectivity index (χ0v) is 22.1. The molecule has 0 bridgehead atoms. The van der Waals surface area contributed by atoms with Crippen molar-refractivity contribution < 1.29 is 4.79 Å². The van der Waals surface area contributed by atoms with E-state index in [1.54, 1.807) is 6.07 Å². The molecule has 2 aromatic rings. The van der Waals surface area contributed by atoms with Crippen LogP contribution in [0.4, 0.5) is 0 Å². The maximum Gasteiger partial charge on any atom is 0.170 e. The minimum Gasteiger partial charge on any atom is -0.382 e. The first kappa shape index (κ1) is 28.1. The monoisotopic (exact) mass is 479 g/mol. The lowest BCUT2D eigenvalue weighted by Crippen LogP contribution is -2.31. The van der Waals surface area contributed by atoms with Crippen molar-refractivity contribution >= 4 is 11.9 Å². The number of aromatic amines is 1. The maximum atomic E-state index is 10.2. The number of rotatable bonds is 6. The number of aryl methyl sites for hydroxylation is 1. The predicted molar refractivity (Wildman–Crippen MR) is 141 cm³/mol. The smallest absolute Gasteiger partial charge is 0.170 e. The van der Waals surface area contributed by atoms with Gasteiger partial charge in [0.05, 0.1) is 25.2 Å². The Bertz CT molecular complexity index is 1020. The highest BCUT2D eigenvalue weighted by molar-refractivity contribution is 5.75. The number of nitrogens with zero attached hydrogens (tertiary/aromatic N) is 5. The zero-order chi connectivity index (χ0) is 25.8. The lowest BCUT2D eigenvalue weighted by molar-refractivity contribution is 0.111. The third-order valence-electron chi connectivity index (χ3n) is 5.75. The minimum absolute atomic E-state index is 0.336. The van der Waals surface area contributed by atoms with Gasteiger partial charge in [-0.3, -0.25) is 14.6 Å². The quantitative estimate of drug-likeness (QED) is 0.579. The van der Waals surface area contributed by atoms with E-state index < -0.39 is 0 Å². The molecule has 2 aromatic heterocycles. The Kier molecular flexibility index (Phi) is 11.4. The van der Waals surface area contributed by atoms with Crippen LogP contribution in [0.1, 0.15) is 81.5 Å². The van der Waals surface area contributed by atoms with Crippen LogP contribution in [0, 0.1) is 17.2 Å². The van der Waals surface area contributed by atoms with Gasteiger partial charge >= 0.3 is 0 Å². The SMILES string of the molecule is CC(C)c1cc(C=O)n[nH]1.CC1C=C(c2cnn(CCC#N)c2)C=C(C2CCN(C)C2)N1.CCC. The van der Waals surface area contributed by atoms with Crippen molar-refractivity contribution in [2.45, 2.75) is 72.4 Å². The van der Waals surface area contributed by atoms with E-state index in [4.69, 9.17) is 5.26 Å². The van der Waals surface area contributed by atoms with E-state index in [2.05, 4.69) is 71.6 Å². The molecule has 0 spiro atoms. The molecule has 190 valence electrons. The molecule has 35 heavy (non-hydrogen) atoms. The summed E-state index contributed by atoms with van der Waals surface area (Å²) in [5.74, 6) is 1.01. The van der Waals surface area contributed by atoms with Gasteiger partial charge in [0.15, 0.2) is 6.29 Å². The van der Waals surface area contributed by atoms with Crippen molar-refractivity contribution in [3.8, 4) is 6.07 Å². The fourth-order valence-corrected chi connectivity index (χ4v) is 3.94. The molecule has 2 N–H and O–H groups in total. The number of hydrogen-bond donors (Lipinski definition) is 2. The van der Waals surface area contributed by atoms with Gasteiger partial charge in [-0.05, 0) is 50.6 Å². The molecule has 0 aliphatic carbocycles. The van der Waals surface area contributed by atoms with Crippen molar-refractivity contribution in [2.24, 2.45) is 5.92 Å². The van der Waals surface area contributed by atoms with E-state index in [9.17, 15) is 4.79 Å². The van der Waals surface area contributed by atoms with Crippen LogP contribution in [0.3, 0.4) is 0 Å². The van der Waals surface area contributed by atoms with Crippen LogP contribution in [-0.4, -0.2) is 57.3 Å². The zero-order valence-electron chi connectivity index (χ0n) is 22.1. The Morgan fingerprint density at radius 3 is 2.63 bits per heavy atom. The molecule has 1 fully saturated rings. The number of H-pyrrole nitrogens is 1. The first-order chi connectivity index (χ1) is 16.8. The predicted octanol–water partition coefficient (Wildman–Crippen LogP) is 4.77. The van der Waals surface area contributed by atoms with Crippen molar-refractivity contribution in [2.75, 3.05) is 20.1 Å². The Balaban J connectivity index is 0.000000277.